The van der Waals surface area contributed by atoms with Gasteiger partial charge in [-0.15, -0.1) is 0 Å². The molecule has 2 N–H and O–H groups in total. The summed E-state index contributed by atoms with van der Waals surface area (Å²) in [4.78, 5) is 0.0376. The summed E-state index contributed by atoms with van der Waals surface area (Å²) in [6.07, 6.45) is 0. The highest BCUT2D eigenvalue weighted by atomic mass is 79.9. The summed E-state index contributed by atoms with van der Waals surface area (Å²) in [5.41, 5.74) is 1.14. The van der Waals surface area contributed by atoms with Gasteiger partial charge in [-0.05, 0) is 53.2 Å². The number of hydrogen-bond acceptors (Lipinski definition) is 3. The molecule has 19 heavy (non-hydrogen) atoms. The molecule has 0 amide bonds. The van der Waals surface area contributed by atoms with Crippen LogP contribution in [0, 0.1) is 6.92 Å². The van der Waals surface area contributed by atoms with Crippen molar-refractivity contribution in [2.45, 2.75) is 11.8 Å². The Morgan fingerprint density at radius 1 is 1.11 bits per heavy atom. The third-order valence-corrected chi connectivity index (χ3v) is 4.01. The smallest absolute Gasteiger partial charge is 0.238 e. The Hall–Kier alpha value is -1.37. The molecule has 2 aromatic carbocycles. The largest absolute Gasteiger partial charge is 0.456 e. The predicted octanol–water partition coefficient (Wildman–Crippen LogP) is 3.20. The van der Waals surface area contributed by atoms with Crippen LogP contribution in [-0.2, 0) is 10.0 Å². The van der Waals surface area contributed by atoms with Gasteiger partial charge in [0.15, 0.2) is 0 Å². The van der Waals surface area contributed by atoms with E-state index in [9.17, 15) is 8.42 Å². The quantitative estimate of drug-likeness (QED) is 0.931. The molecule has 0 atom stereocenters. The maximum absolute atomic E-state index is 11.2. The van der Waals surface area contributed by atoms with E-state index in [0.29, 0.717) is 16.0 Å². The molecule has 2 aromatic rings. The molecule has 0 spiro atoms. The van der Waals surface area contributed by atoms with E-state index in [2.05, 4.69) is 15.9 Å². The Morgan fingerprint density at radius 3 is 2.26 bits per heavy atom. The molecule has 0 aromatic heterocycles. The van der Waals surface area contributed by atoms with E-state index in [1.165, 1.54) is 12.1 Å². The summed E-state index contributed by atoms with van der Waals surface area (Å²) in [7, 11) is -3.71. The summed E-state index contributed by atoms with van der Waals surface area (Å²) in [6, 6.07) is 11.9. The molecule has 100 valence electrons. The zero-order chi connectivity index (χ0) is 14.0. The Labute approximate surface area is 120 Å². The fourth-order valence-electron chi connectivity index (χ4n) is 1.47. The average Bonchev–Trinajstić information content (AvgIpc) is 2.33. The van der Waals surface area contributed by atoms with Gasteiger partial charge in [-0.1, -0.05) is 17.7 Å². The first-order valence-corrected chi connectivity index (χ1v) is 7.77. The van der Waals surface area contributed by atoms with Crippen molar-refractivity contribution in [2.24, 2.45) is 5.14 Å². The topological polar surface area (TPSA) is 69.4 Å². The fourth-order valence-corrected chi connectivity index (χ4v) is 2.63. The van der Waals surface area contributed by atoms with Gasteiger partial charge >= 0.3 is 0 Å². The van der Waals surface area contributed by atoms with Gasteiger partial charge in [-0.25, -0.2) is 13.6 Å². The number of benzene rings is 2. The molecule has 0 unspecified atom stereocenters. The third-order valence-electron chi connectivity index (χ3n) is 2.48. The molecule has 0 saturated heterocycles. The van der Waals surface area contributed by atoms with E-state index >= 15 is 0 Å². The standard InChI is InChI=1S/C13H12BrNO3S/c1-9-2-4-10(5-3-9)18-13-7-6-11(8-12(13)14)19(15,16)17/h2-8H,1H3,(H2,15,16,17). The van der Waals surface area contributed by atoms with Gasteiger partial charge < -0.3 is 4.74 Å². The van der Waals surface area contributed by atoms with Gasteiger partial charge in [0.25, 0.3) is 0 Å². The van der Waals surface area contributed by atoms with Crippen LogP contribution < -0.4 is 9.88 Å². The first kappa shape index (κ1) is 14.0. The van der Waals surface area contributed by atoms with Crippen molar-refractivity contribution >= 4 is 26.0 Å². The second-order valence-corrected chi connectivity index (χ2v) is 6.47. The maximum Gasteiger partial charge on any atom is 0.238 e. The zero-order valence-corrected chi connectivity index (χ0v) is 12.5. The Morgan fingerprint density at radius 2 is 1.74 bits per heavy atom. The minimum atomic E-state index is -3.71. The summed E-state index contributed by atoms with van der Waals surface area (Å²) in [5.74, 6) is 1.20. The van der Waals surface area contributed by atoms with Crippen molar-refractivity contribution in [2.75, 3.05) is 0 Å². The molecule has 0 fully saturated rings. The summed E-state index contributed by atoms with van der Waals surface area (Å²) < 4.78 is 28.6. The monoisotopic (exact) mass is 341 g/mol. The lowest BCUT2D eigenvalue weighted by Crippen LogP contribution is -2.11. The van der Waals surface area contributed by atoms with Crippen molar-refractivity contribution in [3.63, 3.8) is 0 Å². The van der Waals surface area contributed by atoms with E-state index in [1.54, 1.807) is 6.07 Å². The van der Waals surface area contributed by atoms with Crippen molar-refractivity contribution in [1.29, 1.82) is 0 Å². The molecule has 0 saturated carbocycles. The molecule has 0 aliphatic carbocycles. The van der Waals surface area contributed by atoms with E-state index in [0.717, 1.165) is 5.56 Å². The lowest BCUT2D eigenvalue weighted by Gasteiger charge is -2.09. The van der Waals surface area contributed by atoms with Crippen molar-refractivity contribution in [3.8, 4) is 11.5 Å². The maximum atomic E-state index is 11.2. The highest BCUT2D eigenvalue weighted by molar-refractivity contribution is 9.10. The Bertz CT molecular complexity index is 696. The number of nitrogens with two attached hydrogens (primary N) is 1. The highest BCUT2D eigenvalue weighted by Gasteiger charge is 2.11. The molecule has 2 rings (SSSR count). The molecule has 0 radical (unpaired) electrons. The van der Waals surface area contributed by atoms with Crippen LogP contribution in [0.4, 0.5) is 0 Å². The first-order chi connectivity index (χ1) is 8.86. The molecular weight excluding hydrogens is 330 g/mol. The second-order valence-electron chi connectivity index (χ2n) is 4.05. The highest BCUT2D eigenvalue weighted by Crippen LogP contribution is 2.31. The normalized spacial score (nSPS) is 11.3. The van der Waals surface area contributed by atoms with Crippen LogP contribution in [0.1, 0.15) is 5.56 Å². The third kappa shape index (κ3) is 3.56. The first-order valence-electron chi connectivity index (χ1n) is 5.43. The number of hydrogen-bond donors (Lipinski definition) is 1. The van der Waals surface area contributed by atoms with E-state index in [1.807, 2.05) is 31.2 Å². The van der Waals surface area contributed by atoms with Crippen LogP contribution in [0.25, 0.3) is 0 Å². The summed E-state index contributed by atoms with van der Waals surface area (Å²) in [6.45, 7) is 1.99. The van der Waals surface area contributed by atoms with Gasteiger partial charge in [0.2, 0.25) is 10.0 Å². The van der Waals surface area contributed by atoms with Crippen molar-refractivity contribution in [3.05, 3.63) is 52.5 Å². The van der Waals surface area contributed by atoms with Gasteiger partial charge in [0.05, 0.1) is 9.37 Å². The lowest BCUT2D eigenvalue weighted by atomic mass is 10.2. The Kier molecular flexibility index (Phi) is 3.93. The van der Waals surface area contributed by atoms with Crippen LogP contribution in [0.3, 0.4) is 0 Å². The van der Waals surface area contributed by atoms with Crippen molar-refractivity contribution < 1.29 is 13.2 Å². The number of halogens is 1. The van der Waals surface area contributed by atoms with E-state index < -0.39 is 10.0 Å². The minimum Gasteiger partial charge on any atom is -0.456 e. The molecular formula is C13H12BrNO3S. The number of primary sulfonamides is 1. The number of rotatable bonds is 3. The van der Waals surface area contributed by atoms with Crippen LogP contribution in [0.5, 0.6) is 11.5 Å². The Balaban J connectivity index is 2.29. The van der Waals surface area contributed by atoms with Crippen LogP contribution in [0.2, 0.25) is 0 Å². The van der Waals surface area contributed by atoms with Gasteiger partial charge in [-0.2, -0.15) is 0 Å². The van der Waals surface area contributed by atoms with Gasteiger partial charge in [0.1, 0.15) is 11.5 Å². The molecule has 0 heterocycles. The lowest BCUT2D eigenvalue weighted by molar-refractivity contribution is 0.479. The molecule has 0 bridgehead atoms. The average molecular weight is 342 g/mol. The second kappa shape index (κ2) is 5.32. The van der Waals surface area contributed by atoms with E-state index in [4.69, 9.17) is 9.88 Å². The molecule has 0 aliphatic heterocycles. The van der Waals surface area contributed by atoms with Crippen LogP contribution in [0.15, 0.2) is 51.8 Å². The summed E-state index contributed by atoms with van der Waals surface area (Å²) in [5, 5.41) is 5.06. The fraction of sp³-hybridized carbons (Fsp3) is 0.0769. The number of aryl methyl sites for hydroxylation is 1. The SMILES string of the molecule is Cc1ccc(Oc2ccc(S(N)(=O)=O)cc2Br)cc1. The van der Waals surface area contributed by atoms with E-state index in [-0.39, 0.29) is 4.90 Å². The zero-order valence-electron chi connectivity index (χ0n) is 10.1. The number of sulfonamides is 1. The molecule has 4 nitrogen and oxygen atoms in total. The molecule has 0 aliphatic rings. The summed E-state index contributed by atoms with van der Waals surface area (Å²) >= 11 is 3.27. The van der Waals surface area contributed by atoms with Crippen LogP contribution >= 0.6 is 15.9 Å². The van der Waals surface area contributed by atoms with Crippen molar-refractivity contribution in [1.82, 2.24) is 0 Å². The predicted molar refractivity (Wildman–Crippen MR) is 76.8 cm³/mol. The number of ether oxygens (including phenoxy) is 1. The van der Waals surface area contributed by atoms with Gasteiger partial charge in [-0.3, -0.25) is 0 Å². The minimum absolute atomic E-state index is 0.0376. The van der Waals surface area contributed by atoms with Crippen LogP contribution in [-0.4, -0.2) is 8.42 Å². The molecule has 6 heteroatoms. The van der Waals surface area contributed by atoms with Gasteiger partial charge in [0, 0.05) is 0 Å².